The van der Waals surface area contributed by atoms with E-state index in [4.69, 9.17) is 4.52 Å². The Bertz CT molecular complexity index is 114. The molecule has 0 atom stereocenters. The zero-order chi connectivity index (χ0) is 6.62. The summed E-state index contributed by atoms with van der Waals surface area (Å²) in [5, 5.41) is 0. The number of rotatable bonds is 3. The van der Waals surface area contributed by atoms with Gasteiger partial charge in [0.1, 0.15) is 0 Å². The molecule has 0 fully saturated rings. The molecule has 0 aliphatic heterocycles. The Hall–Kier alpha value is -0.0700. The molecule has 0 aromatic rings. The summed E-state index contributed by atoms with van der Waals surface area (Å²) in [4.78, 5) is 0. The lowest BCUT2D eigenvalue weighted by Crippen LogP contribution is -1.84. The molecule has 0 saturated carbocycles. The SMILES string of the molecule is C=CCOP(C)(C)=O. The van der Waals surface area contributed by atoms with Gasteiger partial charge in [0, 0.05) is 13.3 Å². The second-order valence-corrected chi connectivity index (χ2v) is 4.60. The fourth-order valence-electron chi connectivity index (χ4n) is 0.232. The summed E-state index contributed by atoms with van der Waals surface area (Å²) in [5.41, 5.74) is 0. The molecule has 0 saturated heterocycles. The molecule has 0 aliphatic rings. The maximum Gasteiger partial charge on any atom is 0.197 e. The first-order valence-corrected chi connectivity index (χ1v) is 4.88. The molecule has 0 amide bonds. The maximum atomic E-state index is 10.7. The molecule has 8 heavy (non-hydrogen) atoms. The van der Waals surface area contributed by atoms with Gasteiger partial charge in [0.05, 0.1) is 6.61 Å². The minimum atomic E-state index is -2.25. The first-order chi connectivity index (χ1) is 3.56. The van der Waals surface area contributed by atoms with Crippen molar-refractivity contribution in [1.82, 2.24) is 0 Å². The van der Waals surface area contributed by atoms with Gasteiger partial charge in [0.2, 0.25) is 0 Å². The summed E-state index contributed by atoms with van der Waals surface area (Å²) in [6.07, 6.45) is 1.58. The summed E-state index contributed by atoms with van der Waals surface area (Å²) < 4.78 is 15.5. The van der Waals surface area contributed by atoms with E-state index >= 15 is 0 Å². The molecule has 48 valence electrons. The van der Waals surface area contributed by atoms with Gasteiger partial charge in [-0.2, -0.15) is 0 Å². The standard InChI is InChI=1S/C5H11O2P/c1-4-5-7-8(2,3)6/h4H,1,5H2,2-3H3. The van der Waals surface area contributed by atoms with E-state index in [1.54, 1.807) is 19.4 Å². The van der Waals surface area contributed by atoms with Crippen LogP contribution in [0.25, 0.3) is 0 Å². The Morgan fingerprint density at radius 1 is 1.75 bits per heavy atom. The van der Waals surface area contributed by atoms with Crippen LogP contribution in [0.15, 0.2) is 12.7 Å². The van der Waals surface area contributed by atoms with E-state index in [-0.39, 0.29) is 0 Å². The van der Waals surface area contributed by atoms with Gasteiger partial charge in [-0.05, 0) is 0 Å². The van der Waals surface area contributed by atoms with Crippen molar-refractivity contribution < 1.29 is 9.09 Å². The van der Waals surface area contributed by atoms with Gasteiger partial charge < -0.3 is 4.52 Å². The third-order valence-electron chi connectivity index (χ3n) is 0.503. The highest BCUT2D eigenvalue weighted by Gasteiger charge is 2.02. The minimum absolute atomic E-state index is 0.379. The van der Waals surface area contributed by atoms with Crippen LogP contribution in [-0.2, 0) is 9.09 Å². The molecule has 0 heterocycles. The average molecular weight is 134 g/mol. The van der Waals surface area contributed by atoms with E-state index in [2.05, 4.69) is 6.58 Å². The van der Waals surface area contributed by atoms with Crippen LogP contribution in [0.1, 0.15) is 0 Å². The van der Waals surface area contributed by atoms with E-state index in [9.17, 15) is 4.57 Å². The smallest absolute Gasteiger partial charge is 0.197 e. The lowest BCUT2D eigenvalue weighted by molar-refractivity contribution is 0.362. The maximum absolute atomic E-state index is 10.7. The van der Waals surface area contributed by atoms with Crippen LogP contribution < -0.4 is 0 Å². The van der Waals surface area contributed by atoms with Crippen LogP contribution in [0, 0.1) is 0 Å². The molecule has 2 nitrogen and oxygen atoms in total. The molecular weight excluding hydrogens is 123 g/mol. The Kier molecular flexibility index (Phi) is 3.03. The highest BCUT2D eigenvalue weighted by molar-refractivity contribution is 7.57. The van der Waals surface area contributed by atoms with Gasteiger partial charge in [-0.1, -0.05) is 6.08 Å². The van der Waals surface area contributed by atoms with Gasteiger partial charge in [0.15, 0.2) is 7.37 Å². The number of hydrogen-bond acceptors (Lipinski definition) is 2. The molecule has 0 unspecified atom stereocenters. The zero-order valence-corrected chi connectivity index (χ0v) is 6.15. The third kappa shape index (κ3) is 5.93. The first-order valence-electron chi connectivity index (χ1n) is 2.36. The zero-order valence-electron chi connectivity index (χ0n) is 5.26. The van der Waals surface area contributed by atoms with E-state index in [0.29, 0.717) is 6.61 Å². The predicted octanol–water partition coefficient (Wildman–Crippen LogP) is 1.73. The predicted molar refractivity (Wildman–Crippen MR) is 35.6 cm³/mol. The van der Waals surface area contributed by atoms with Gasteiger partial charge in [-0.25, -0.2) is 0 Å². The molecule has 0 rings (SSSR count). The Morgan fingerprint density at radius 3 is 2.38 bits per heavy atom. The monoisotopic (exact) mass is 134 g/mol. The van der Waals surface area contributed by atoms with Gasteiger partial charge in [0.25, 0.3) is 0 Å². The summed E-state index contributed by atoms with van der Waals surface area (Å²) in [6, 6.07) is 0. The van der Waals surface area contributed by atoms with Crippen molar-refractivity contribution in [3.63, 3.8) is 0 Å². The average Bonchev–Trinajstić information content (AvgIpc) is 1.59. The van der Waals surface area contributed by atoms with Crippen molar-refractivity contribution in [2.75, 3.05) is 19.9 Å². The molecule has 0 aromatic carbocycles. The highest BCUT2D eigenvalue weighted by atomic mass is 31.2. The molecule has 0 N–H and O–H groups in total. The summed E-state index contributed by atoms with van der Waals surface area (Å²) in [7, 11) is -2.25. The van der Waals surface area contributed by atoms with Crippen molar-refractivity contribution >= 4 is 7.37 Å². The van der Waals surface area contributed by atoms with Crippen molar-refractivity contribution in [2.45, 2.75) is 0 Å². The van der Waals surface area contributed by atoms with Crippen molar-refractivity contribution in [3.8, 4) is 0 Å². The Morgan fingerprint density at radius 2 is 2.25 bits per heavy atom. The fraction of sp³-hybridized carbons (Fsp3) is 0.600. The topological polar surface area (TPSA) is 26.3 Å². The summed E-state index contributed by atoms with van der Waals surface area (Å²) >= 11 is 0. The molecule has 0 spiro atoms. The number of hydrogen-bond donors (Lipinski definition) is 0. The molecule has 0 aliphatic carbocycles. The van der Waals surface area contributed by atoms with Crippen molar-refractivity contribution in [3.05, 3.63) is 12.7 Å². The molecule has 3 heteroatoms. The molecular formula is C5H11O2P. The van der Waals surface area contributed by atoms with Crippen molar-refractivity contribution in [2.24, 2.45) is 0 Å². The van der Waals surface area contributed by atoms with Crippen LogP contribution in [0.3, 0.4) is 0 Å². The normalized spacial score (nSPS) is 11.2. The van der Waals surface area contributed by atoms with Crippen LogP contribution >= 0.6 is 7.37 Å². The van der Waals surface area contributed by atoms with E-state index in [1.807, 2.05) is 0 Å². The van der Waals surface area contributed by atoms with Crippen LogP contribution in [0.2, 0.25) is 0 Å². The largest absolute Gasteiger partial charge is 0.325 e. The first kappa shape index (κ1) is 7.93. The fourth-order valence-corrected chi connectivity index (χ4v) is 0.697. The van der Waals surface area contributed by atoms with Crippen LogP contribution in [-0.4, -0.2) is 19.9 Å². The summed E-state index contributed by atoms with van der Waals surface area (Å²) in [6.45, 7) is 6.96. The quantitative estimate of drug-likeness (QED) is 0.434. The van der Waals surface area contributed by atoms with E-state index in [0.717, 1.165) is 0 Å². The van der Waals surface area contributed by atoms with Gasteiger partial charge in [-0.15, -0.1) is 6.58 Å². The Labute approximate surface area is 50.0 Å². The minimum Gasteiger partial charge on any atom is -0.325 e. The molecule has 0 bridgehead atoms. The van der Waals surface area contributed by atoms with Gasteiger partial charge >= 0.3 is 0 Å². The molecule has 0 radical (unpaired) electrons. The third-order valence-corrected chi connectivity index (χ3v) is 1.27. The van der Waals surface area contributed by atoms with E-state index < -0.39 is 7.37 Å². The lowest BCUT2D eigenvalue weighted by atomic mass is 10.7. The summed E-state index contributed by atoms with van der Waals surface area (Å²) in [5.74, 6) is 0. The lowest BCUT2D eigenvalue weighted by Gasteiger charge is -2.03. The van der Waals surface area contributed by atoms with Crippen LogP contribution in [0.5, 0.6) is 0 Å². The Balaban J connectivity index is 3.40. The van der Waals surface area contributed by atoms with Crippen LogP contribution in [0.4, 0.5) is 0 Å². The highest BCUT2D eigenvalue weighted by Crippen LogP contribution is 2.36. The van der Waals surface area contributed by atoms with Crippen molar-refractivity contribution in [1.29, 1.82) is 0 Å². The van der Waals surface area contributed by atoms with Gasteiger partial charge in [-0.3, -0.25) is 4.57 Å². The molecule has 0 aromatic heterocycles. The van der Waals surface area contributed by atoms with E-state index in [1.165, 1.54) is 0 Å². The second-order valence-electron chi connectivity index (χ2n) is 1.84. The second kappa shape index (κ2) is 3.06.